The molecule has 0 aromatic heterocycles. The average Bonchev–Trinajstić information content (AvgIpc) is 3.00. The van der Waals surface area contributed by atoms with Gasteiger partial charge in [0.05, 0.1) is 0 Å². The Balaban J connectivity index is 1.81. The minimum atomic E-state index is -1.03. The van der Waals surface area contributed by atoms with Crippen molar-refractivity contribution in [2.75, 3.05) is 0 Å². The van der Waals surface area contributed by atoms with Crippen molar-refractivity contribution in [2.45, 2.75) is 51.1 Å². The van der Waals surface area contributed by atoms with E-state index < -0.39 is 22.9 Å². The van der Waals surface area contributed by atoms with E-state index in [1.165, 1.54) is 17.2 Å². The molecule has 0 saturated carbocycles. The van der Waals surface area contributed by atoms with Gasteiger partial charge in [0, 0.05) is 0 Å². The topological polar surface area (TPSA) is 0 Å². The molecule has 0 heterocycles. The second-order valence-electron chi connectivity index (χ2n) is 7.85. The van der Waals surface area contributed by atoms with Gasteiger partial charge in [-0.05, 0) is 0 Å². The van der Waals surface area contributed by atoms with Crippen LogP contribution in [0.3, 0.4) is 0 Å². The van der Waals surface area contributed by atoms with Crippen LogP contribution in [0.4, 0.5) is 0 Å². The Labute approximate surface area is 163 Å². The van der Waals surface area contributed by atoms with E-state index in [2.05, 4.69) is 77.9 Å². The SMILES string of the molecule is CC1=C(C)[C](C)([Hf][C]2=C(C)c3c(ccc4ccccc34)C2)C(C)=C1C. The van der Waals surface area contributed by atoms with Crippen LogP contribution in [-0.4, -0.2) is 0 Å². The molecule has 1 heteroatoms. The molecule has 0 spiro atoms. The third kappa shape index (κ3) is 2.42. The predicted octanol–water partition coefficient (Wildman–Crippen LogP) is 7.07. The first-order valence-electron chi connectivity index (χ1n) is 9.20. The summed E-state index contributed by atoms with van der Waals surface area (Å²) in [4.78, 5) is 0. The molecular formula is C24H26Hf. The Morgan fingerprint density at radius 3 is 2.12 bits per heavy atom. The van der Waals surface area contributed by atoms with Crippen molar-refractivity contribution in [3.8, 4) is 0 Å². The number of benzene rings is 2. The van der Waals surface area contributed by atoms with E-state index in [0.29, 0.717) is 3.17 Å². The molecule has 0 bridgehead atoms. The monoisotopic (exact) mass is 494 g/mol. The Morgan fingerprint density at radius 2 is 1.44 bits per heavy atom. The van der Waals surface area contributed by atoms with Crippen molar-refractivity contribution >= 4 is 16.3 Å². The summed E-state index contributed by atoms with van der Waals surface area (Å²) in [5, 5.41) is 2.82. The van der Waals surface area contributed by atoms with Crippen LogP contribution < -0.4 is 0 Å². The molecule has 4 rings (SSSR count). The van der Waals surface area contributed by atoms with E-state index >= 15 is 0 Å². The average molecular weight is 493 g/mol. The second kappa shape index (κ2) is 5.91. The summed E-state index contributed by atoms with van der Waals surface area (Å²) in [5.74, 6) is 0. The van der Waals surface area contributed by atoms with Crippen molar-refractivity contribution in [2.24, 2.45) is 0 Å². The van der Waals surface area contributed by atoms with Gasteiger partial charge in [0.1, 0.15) is 0 Å². The van der Waals surface area contributed by atoms with Gasteiger partial charge in [0.15, 0.2) is 0 Å². The van der Waals surface area contributed by atoms with Crippen LogP contribution in [0, 0.1) is 0 Å². The summed E-state index contributed by atoms with van der Waals surface area (Å²) in [5.41, 5.74) is 11.1. The molecule has 126 valence electrons. The summed E-state index contributed by atoms with van der Waals surface area (Å²) in [6.45, 7) is 14.3. The third-order valence-electron chi connectivity index (χ3n) is 6.80. The van der Waals surface area contributed by atoms with Gasteiger partial charge in [-0.25, -0.2) is 0 Å². The molecule has 2 aliphatic rings. The van der Waals surface area contributed by atoms with Crippen molar-refractivity contribution in [3.63, 3.8) is 0 Å². The first-order valence-corrected chi connectivity index (χ1v) is 12.8. The zero-order valence-electron chi connectivity index (χ0n) is 16.2. The maximum absolute atomic E-state index is 2.53. The number of rotatable bonds is 2. The fourth-order valence-corrected chi connectivity index (χ4v) is 11.6. The summed E-state index contributed by atoms with van der Waals surface area (Å²) in [6.07, 6.45) is 1.20. The summed E-state index contributed by atoms with van der Waals surface area (Å²) < 4.78 is 2.19. The van der Waals surface area contributed by atoms with Gasteiger partial charge in [-0.2, -0.15) is 0 Å². The Hall–Kier alpha value is -1.21. The maximum atomic E-state index is 2.53. The quantitative estimate of drug-likeness (QED) is 0.393. The first kappa shape index (κ1) is 17.2. The molecule has 0 nitrogen and oxygen atoms in total. The Kier molecular flexibility index (Phi) is 4.07. The van der Waals surface area contributed by atoms with Gasteiger partial charge < -0.3 is 0 Å². The molecule has 0 atom stereocenters. The predicted molar refractivity (Wildman–Crippen MR) is 105 cm³/mol. The van der Waals surface area contributed by atoms with Crippen molar-refractivity contribution < 1.29 is 22.9 Å². The fourth-order valence-electron chi connectivity index (χ4n) is 4.60. The van der Waals surface area contributed by atoms with Crippen LogP contribution in [0.15, 0.2) is 62.0 Å². The van der Waals surface area contributed by atoms with E-state index in [0.717, 1.165) is 0 Å². The number of allylic oxidation sites excluding steroid dienone is 6. The fraction of sp³-hybridized carbons (Fsp3) is 0.333. The number of hydrogen-bond donors (Lipinski definition) is 0. The normalized spacial score (nSPS) is 19.3. The van der Waals surface area contributed by atoms with Gasteiger partial charge in [-0.1, -0.05) is 0 Å². The number of hydrogen-bond acceptors (Lipinski definition) is 0. The standard InChI is InChI=1S/C14H11.C10H15.Hf/c1-10-6-7-12-9-8-11-4-2-3-5-13(11)14(10)12;1-6-7(2)9(4)10(5)8(6)3;/h2-5,8-9H,7H2,1H3;1-5H3;. The molecule has 0 radical (unpaired) electrons. The number of fused-ring (bicyclic) bond motifs is 3. The molecule has 0 amide bonds. The third-order valence-corrected chi connectivity index (χ3v) is 14.4. The molecular weight excluding hydrogens is 467 g/mol. The van der Waals surface area contributed by atoms with Crippen LogP contribution in [0.5, 0.6) is 0 Å². The molecule has 0 aliphatic heterocycles. The molecule has 0 unspecified atom stereocenters. The van der Waals surface area contributed by atoms with Gasteiger partial charge >= 0.3 is 164 Å². The Bertz CT molecular complexity index is 974. The van der Waals surface area contributed by atoms with Crippen LogP contribution in [0.2, 0.25) is 3.17 Å². The minimum absolute atomic E-state index is 0.378. The van der Waals surface area contributed by atoms with Crippen LogP contribution in [-0.2, 0) is 29.3 Å². The van der Waals surface area contributed by atoms with Gasteiger partial charge in [0.2, 0.25) is 0 Å². The molecule has 2 aromatic rings. The van der Waals surface area contributed by atoms with E-state index in [1.54, 1.807) is 39.0 Å². The van der Waals surface area contributed by atoms with E-state index in [-0.39, 0.29) is 0 Å². The molecule has 0 fully saturated rings. The molecule has 2 aliphatic carbocycles. The van der Waals surface area contributed by atoms with Crippen molar-refractivity contribution in [1.82, 2.24) is 0 Å². The summed E-state index contributed by atoms with van der Waals surface area (Å²) in [6, 6.07) is 13.6. The van der Waals surface area contributed by atoms with Crippen molar-refractivity contribution in [1.29, 1.82) is 0 Å². The zero-order chi connectivity index (χ0) is 17.9. The molecule has 0 saturated heterocycles. The van der Waals surface area contributed by atoms with Gasteiger partial charge in [-0.3, -0.25) is 0 Å². The summed E-state index contributed by atoms with van der Waals surface area (Å²) in [7, 11) is 0. The summed E-state index contributed by atoms with van der Waals surface area (Å²) >= 11 is -1.03. The van der Waals surface area contributed by atoms with E-state index in [1.807, 2.05) is 3.33 Å². The van der Waals surface area contributed by atoms with Gasteiger partial charge in [0.25, 0.3) is 0 Å². The molecule has 25 heavy (non-hydrogen) atoms. The van der Waals surface area contributed by atoms with Gasteiger partial charge in [-0.15, -0.1) is 0 Å². The second-order valence-corrected chi connectivity index (χ2v) is 14.5. The Morgan fingerprint density at radius 1 is 0.800 bits per heavy atom. The van der Waals surface area contributed by atoms with Crippen molar-refractivity contribution in [3.05, 3.63) is 73.1 Å². The van der Waals surface area contributed by atoms with Crippen LogP contribution in [0.1, 0.15) is 52.7 Å². The van der Waals surface area contributed by atoms with E-state index in [9.17, 15) is 0 Å². The molecule has 0 N–H and O–H groups in total. The first-order chi connectivity index (χ1) is 11.8. The van der Waals surface area contributed by atoms with E-state index in [4.69, 9.17) is 0 Å². The zero-order valence-corrected chi connectivity index (χ0v) is 19.8. The molecule has 2 aromatic carbocycles. The van der Waals surface area contributed by atoms with Crippen LogP contribution in [0.25, 0.3) is 16.3 Å². The van der Waals surface area contributed by atoms with Crippen LogP contribution >= 0.6 is 0 Å².